The van der Waals surface area contributed by atoms with Crippen LogP contribution < -0.4 is 0 Å². The van der Waals surface area contributed by atoms with Crippen LogP contribution in [-0.2, 0) is 6.54 Å². The summed E-state index contributed by atoms with van der Waals surface area (Å²) in [6, 6.07) is 1.81. The number of rotatable bonds is 4. The number of aryl methyl sites for hydroxylation is 1. The average molecular weight is 284 g/mol. The molecule has 0 N–H and O–H groups in total. The Morgan fingerprint density at radius 3 is 2.78 bits per heavy atom. The van der Waals surface area contributed by atoms with Crippen LogP contribution in [0.5, 0.6) is 0 Å². The zero-order chi connectivity index (χ0) is 13.1. The van der Waals surface area contributed by atoms with Gasteiger partial charge in [-0.3, -0.25) is 4.68 Å². The van der Waals surface area contributed by atoms with E-state index < -0.39 is 0 Å². The van der Waals surface area contributed by atoms with Crippen molar-refractivity contribution < 1.29 is 0 Å². The topological polar surface area (TPSA) is 30.7 Å². The molecular weight excluding hydrogens is 269 g/mol. The van der Waals surface area contributed by atoms with Crippen molar-refractivity contribution in [2.75, 3.05) is 0 Å². The van der Waals surface area contributed by atoms with E-state index in [9.17, 15) is 0 Å². The van der Waals surface area contributed by atoms with E-state index in [1.165, 1.54) is 6.20 Å². The summed E-state index contributed by atoms with van der Waals surface area (Å²) < 4.78 is 1.92. The van der Waals surface area contributed by atoms with E-state index >= 15 is 0 Å². The van der Waals surface area contributed by atoms with Crippen molar-refractivity contribution in [2.24, 2.45) is 5.92 Å². The van der Waals surface area contributed by atoms with Crippen LogP contribution in [0.3, 0.4) is 0 Å². The smallest absolute Gasteiger partial charge is 0.137 e. The van der Waals surface area contributed by atoms with Crippen molar-refractivity contribution in [2.45, 2.75) is 26.8 Å². The van der Waals surface area contributed by atoms with Crippen LogP contribution in [0.2, 0.25) is 10.2 Å². The highest BCUT2D eigenvalue weighted by atomic mass is 35.5. The molecule has 0 bridgehead atoms. The largest absolute Gasteiger partial charge is 0.272 e. The summed E-state index contributed by atoms with van der Waals surface area (Å²) in [4.78, 5) is 4.03. The Morgan fingerprint density at radius 1 is 1.28 bits per heavy atom. The molecule has 96 valence electrons. The first-order valence-corrected chi connectivity index (χ1v) is 6.65. The minimum Gasteiger partial charge on any atom is -0.272 e. The fourth-order valence-electron chi connectivity index (χ4n) is 1.64. The maximum atomic E-state index is 6.06. The fourth-order valence-corrected chi connectivity index (χ4v) is 2.01. The molecule has 0 aliphatic rings. The van der Waals surface area contributed by atoms with E-state index in [2.05, 4.69) is 23.9 Å². The molecule has 5 heteroatoms. The van der Waals surface area contributed by atoms with Gasteiger partial charge in [0, 0.05) is 30.1 Å². The SMILES string of the molecule is CC(C)CCn1cc(-c2cc(Cl)cnc2Cl)cn1. The van der Waals surface area contributed by atoms with Crippen molar-refractivity contribution in [1.29, 1.82) is 0 Å². The Labute approximate surface area is 117 Å². The van der Waals surface area contributed by atoms with Gasteiger partial charge >= 0.3 is 0 Å². The van der Waals surface area contributed by atoms with Crippen molar-refractivity contribution >= 4 is 23.2 Å². The Balaban J connectivity index is 2.21. The lowest BCUT2D eigenvalue weighted by atomic mass is 10.1. The first kappa shape index (κ1) is 13.4. The second-order valence-corrected chi connectivity index (χ2v) is 5.46. The van der Waals surface area contributed by atoms with Gasteiger partial charge in [0.25, 0.3) is 0 Å². The minimum atomic E-state index is 0.447. The van der Waals surface area contributed by atoms with Crippen LogP contribution >= 0.6 is 23.2 Å². The monoisotopic (exact) mass is 283 g/mol. The molecule has 0 amide bonds. The third-order valence-electron chi connectivity index (χ3n) is 2.69. The van der Waals surface area contributed by atoms with Gasteiger partial charge in [0.2, 0.25) is 0 Å². The molecule has 0 fully saturated rings. The number of nitrogens with zero attached hydrogens (tertiary/aromatic N) is 3. The predicted octanol–water partition coefficient (Wildman–Crippen LogP) is 4.30. The molecule has 0 aliphatic carbocycles. The molecule has 0 aliphatic heterocycles. The molecule has 0 aromatic carbocycles. The van der Waals surface area contributed by atoms with Gasteiger partial charge in [0.1, 0.15) is 5.15 Å². The van der Waals surface area contributed by atoms with E-state index in [0.29, 0.717) is 16.1 Å². The van der Waals surface area contributed by atoms with Gasteiger partial charge in [-0.1, -0.05) is 37.0 Å². The molecule has 0 saturated heterocycles. The first-order valence-electron chi connectivity index (χ1n) is 5.90. The van der Waals surface area contributed by atoms with Crippen LogP contribution in [0, 0.1) is 5.92 Å². The lowest BCUT2D eigenvalue weighted by molar-refractivity contribution is 0.487. The zero-order valence-corrected chi connectivity index (χ0v) is 11.9. The van der Waals surface area contributed by atoms with Gasteiger partial charge in [0.15, 0.2) is 0 Å². The summed E-state index contributed by atoms with van der Waals surface area (Å²) >= 11 is 12.0. The lowest BCUT2D eigenvalue weighted by Crippen LogP contribution is -2.01. The van der Waals surface area contributed by atoms with Gasteiger partial charge in [0.05, 0.1) is 11.2 Å². The van der Waals surface area contributed by atoms with Gasteiger partial charge < -0.3 is 0 Å². The van der Waals surface area contributed by atoms with E-state index in [4.69, 9.17) is 23.2 Å². The van der Waals surface area contributed by atoms with E-state index in [0.717, 1.165) is 24.1 Å². The summed E-state index contributed by atoms with van der Waals surface area (Å²) in [7, 11) is 0. The third-order valence-corrected chi connectivity index (χ3v) is 3.19. The third kappa shape index (κ3) is 3.24. The van der Waals surface area contributed by atoms with Crippen molar-refractivity contribution in [3.05, 3.63) is 34.8 Å². The molecule has 0 saturated carbocycles. The van der Waals surface area contributed by atoms with Crippen LogP contribution in [-0.4, -0.2) is 14.8 Å². The summed E-state index contributed by atoms with van der Waals surface area (Å²) in [5.74, 6) is 0.661. The molecular formula is C13H15Cl2N3. The summed E-state index contributed by atoms with van der Waals surface area (Å²) in [5.41, 5.74) is 1.76. The molecule has 2 aromatic heterocycles. The van der Waals surface area contributed by atoms with Crippen LogP contribution in [0.4, 0.5) is 0 Å². The molecule has 2 aromatic rings. The standard InChI is InChI=1S/C13H15Cl2N3/c1-9(2)3-4-18-8-10(6-17-18)12-5-11(14)7-16-13(12)15/h5-9H,3-4H2,1-2H3. The summed E-state index contributed by atoms with van der Waals surface area (Å²) in [6.45, 7) is 5.30. The molecule has 0 unspecified atom stereocenters. The average Bonchev–Trinajstić information content (AvgIpc) is 2.78. The number of hydrogen-bond donors (Lipinski definition) is 0. The fraction of sp³-hybridized carbons (Fsp3) is 0.385. The van der Waals surface area contributed by atoms with Gasteiger partial charge in [-0.2, -0.15) is 5.10 Å². The minimum absolute atomic E-state index is 0.447. The lowest BCUT2D eigenvalue weighted by Gasteiger charge is -2.04. The van der Waals surface area contributed by atoms with E-state index in [1.54, 1.807) is 12.3 Å². The van der Waals surface area contributed by atoms with Gasteiger partial charge in [-0.15, -0.1) is 0 Å². The second-order valence-electron chi connectivity index (χ2n) is 4.67. The first-order chi connectivity index (χ1) is 8.56. The number of pyridine rings is 1. The molecule has 0 spiro atoms. The highest BCUT2D eigenvalue weighted by Crippen LogP contribution is 2.28. The molecule has 3 nitrogen and oxygen atoms in total. The highest BCUT2D eigenvalue weighted by Gasteiger charge is 2.08. The number of hydrogen-bond acceptors (Lipinski definition) is 2. The molecule has 0 atom stereocenters. The number of halogens is 2. The van der Waals surface area contributed by atoms with Crippen molar-refractivity contribution in [1.82, 2.24) is 14.8 Å². The van der Waals surface area contributed by atoms with Crippen LogP contribution in [0.15, 0.2) is 24.7 Å². The predicted molar refractivity (Wildman–Crippen MR) is 74.9 cm³/mol. The Bertz CT molecular complexity index is 535. The second kappa shape index (κ2) is 5.72. The highest BCUT2D eigenvalue weighted by molar-refractivity contribution is 6.34. The molecule has 18 heavy (non-hydrogen) atoms. The zero-order valence-electron chi connectivity index (χ0n) is 10.4. The van der Waals surface area contributed by atoms with Crippen molar-refractivity contribution in [3.8, 4) is 11.1 Å². The molecule has 2 heterocycles. The molecule has 2 rings (SSSR count). The van der Waals surface area contributed by atoms with Gasteiger partial charge in [-0.25, -0.2) is 4.98 Å². The maximum Gasteiger partial charge on any atom is 0.137 e. The summed E-state index contributed by atoms with van der Waals surface area (Å²) in [5, 5.41) is 5.34. The Hall–Kier alpha value is -1.06. The number of aromatic nitrogens is 3. The van der Waals surface area contributed by atoms with Gasteiger partial charge in [-0.05, 0) is 18.4 Å². The summed E-state index contributed by atoms with van der Waals surface area (Å²) in [6.07, 6.45) is 6.40. The van der Waals surface area contributed by atoms with Crippen LogP contribution in [0.25, 0.3) is 11.1 Å². The van der Waals surface area contributed by atoms with E-state index in [-0.39, 0.29) is 0 Å². The molecule has 0 radical (unpaired) electrons. The van der Waals surface area contributed by atoms with Crippen LogP contribution in [0.1, 0.15) is 20.3 Å². The maximum absolute atomic E-state index is 6.06. The normalized spacial score (nSPS) is 11.2. The van der Waals surface area contributed by atoms with E-state index in [1.807, 2.05) is 10.9 Å². The van der Waals surface area contributed by atoms with Crippen molar-refractivity contribution in [3.63, 3.8) is 0 Å². The Morgan fingerprint density at radius 2 is 2.06 bits per heavy atom. The quantitative estimate of drug-likeness (QED) is 0.784. The Kier molecular flexibility index (Phi) is 4.25.